The molecule has 0 saturated carbocycles. The quantitative estimate of drug-likeness (QED) is 0.477. The molecule has 0 bridgehead atoms. The van der Waals surface area contributed by atoms with E-state index in [2.05, 4.69) is 15.6 Å². The highest BCUT2D eigenvalue weighted by atomic mass is 32.2. The predicted octanol–water partition coefficient (Wildman–Crippen LogP) is 4.35. The zero-order chi connectivity index (χ0) is 22.8. The maximum atomic E-state index is 12.9. The first-order chi connectivity index (χ1) is 15.5. The molecular formula is C24H24FN3O3S. The summed E-state index contributed by atoms with van der Waals surface area (Å²) in [6.07, 6.45) is 3.48. The Morgan fingerprint density at radius 3 is 2.44 bits per heavy atom. The molecule has 166 valence electrons. The Bertz CT molecular complexity index is 1010. The summed E-state index contributed by atoms with van der Waals surface area (Å²) in [6.45, 7) is 2.33. The monoisotopic (exact) mass is 453 g/mol. The van der Waals surface area contributed by atoms with E-state index in [4.69, 9.17) is 4.74 Å². The molecule has 0 spiro atoms. The third-order valence-corrected chi connectivity index (χ3v) is 5.41. The first kappa shape index (κ1) is 23.3. The Kier molecular flexibility index (Phi) is 8.62. The maximum absolute atomic E-state index is 12.9. The van der Waals surface area contributed by atoms with Crippen molar-refractivity contribution in [3.8, 4) is 5.75 Å². The van der Waals surface area contributed by atoms with Gasteiger partial charge in [0, 0.05) is 23.6 Å². The second-order valence-corrected chi connectivity index (χ2v) is 8.04. The van der Waals surface area contributed by atoms with Gasteiger partial charge in [-0.1, -0.05) is 18.2 Å². The molecule has 32 heavy (non-hydrogen) atoms. The second kappa shape index (κ2) is 11.9. The van der Waals surface area contributed by atoms with Gasteiger partial charge in [0.1, 0.15) is 18.2 Å². The largest absolute Gasteiger partial charge is 0.489 e. The number of benzene rings is 2. The smallest absolute Gasteiger partial charge is 0.234 e. The molecule has 2 amide bonds. The van der Waals surface area contributed by atoms with E-state index < -0.39 is 0 Å². The Balaban J connectivity index is 1.37. The van der Waals surface area contributed by atoms with Gasteiger partial charge in [0.05, 0.1) is 17.5 Å². The number of carbonyl (C=O) groups excluding carboxylic acids is 2. The van der Waals surface area contributed by atoms with E-state index in [0.29, 0.717) is 12.3 Å². The molecule has 0 aliphatic rings. The molecule has 2 N–H and O–H groups in total. The zero-order valence-corrected chi connectivity index (χ0v) is 18.4. The maximum Gasteiger partial charge on any atom is 0.234 e. The number of aromatic nitrogens is 1. The summed E-state index contributed by atoms with van der Waals surface area (Å²) in [7, 11) is 0. The summed E-state index contributed by atoms with van der Waals surface area (Å²) in [5.41, 5.74) is 2.45. The van der Waals surface area contributed by atoms with Crippen LogP contribution < -0.4 is 15.4 Å². The zero-order valence-electron chi connectivity index (χ0n) is 17.6. The molecule has 3 rings (SSSR count). The summed E-state index contributed by atoms with van der Waals surface area (Å²) in [6, 6.07) is 16.7. The standard InChI is InChI=1S/C24H24FN3O3S/c1-17(19-4-10-22(11-5-19)31-14-18-3-2-12-26-13-18)27-23(29)15-32-16-24(30)28-21-8-6-20(25)7-9-21/h2-13,17H,14-16H2,1H3,(H,27,29)(H,28,30). The Hall–Kier alpha value is -3.39. The van der Waals surface area contributed by atoms with Gasteiger partial charge in [0.15, 0.2) is 0 Å². The van der Waals surface area contributed by atoms with Crippen LogP contribution in [-0.2, 0) is 16.2 Å². The highest BCUT2D eigenvalue weighted by Crippen LogP contribution is 2.19. The lowest BCUT2D eigenvalue weighted by Crippen LogP contribution is -2.28. The fraction of sp³-hybridized carbons (Fsp3) is 0.208. The number of carbonyl (C=O) groups is 2. The van der Waals surface area contributed by atoms with Crippen molar-refractivity contribution >= 4 is 29.3 Å². The lowest BCUT2D eigenvalue weighted by Gasteiger charge is -2.15. The van der Waals surface area contributed by atoms with Crippen LogP contribution in [0.3, 0.4) is 0 Å². The van der Waals surface area contributed by atoms with Gasteiger partial charge in [-0.05, 0) is 55.0 Å². The Morgan fingerprint density at radius 1 is 1.03 bits per heavy atom. The fourth-order valence-corrected chi connectivity index (χ4v) is 3.46. The van der Waals surface area contributed by atoms with E-state index in [0.717, 1.165) is 16.9 Å². The molecule has 0 aliphatic heterocycles. The minimum absolute atomic E-state index is 0.127. The number of nitrogens with zero attached hydrogens (tertiary/aromatic N) is 1. The van der Waals surface area contributed by atoms with Crippen LogP contribution in [0.15, 0.2) is 73.1 Å². The number of hydrogen-bond donors (Lipinski definition) is 2. The fourth-order valence-electron chi connectivity index (χ4n) is 2.84. The summed E-state index contributed by atoms with van der Waals surface area (Å²) in [5.74, 6) is 0.252. The average molecular weight is 454 g/mol. The van der Waals surface area contributed by atoms with E-state index >= 15 is 0 Å². The van der Waals surface area contributed by atoms with Gasteiger partial charge in [0.2, 0.25) is 11.8 Å². The number of hydrogen-bond acceptors (Lipinski definition) is 5. The van der Waals surface area contributed by atoms with Crippen LogP contribution in [0.25, 0.3) is 0 Å². The highest BCUT2D eigenvalue weighted by molar-refractivity contribution is 8.00. The van der Waals surface area contributed by atoms with Crippen molar-refractivity contribution in [2.24, 2.45) is 0 Å². The Morgan fingerprint density at radius 2 is 1.75 bits per heavy atom. The predicted molar refractivity (Wildman–Crippen MR) is 124 cm³/mol. The van der Waals surface area contributed by atoms with Crippen molar-refractivity contribution in [3.05, 3.63) is 90.0 Å². The van der Waals surface area contributed by atoms with Gasteiger partial charge in [-0.2, -0.15) is 0 Å². The molecule has 1 aromatic heterocycles. The number of pyridine rings is 1. The molecule has 3 aromatic rings. The number of amides is 2. The van der Waals surface area contributed by atoms with E-state index in [1.807, 2.05) is 43.3 Å². The van der Waals surface area contributed by atoms with Crippen molar-refractivity contribution < 1.29 is 18.7 Å². The van der Waals surface area contributed by atoms with Crippen LogP contribution >= 0.6 is 11.8 Å². The number of ether oxygens (including phenoxy) is 1. The molecule has 0 saturated heterocycles. The van der Waals surface area contributed by atoms with Crippen LogP contribution in [0.4, 0.5) is 10.1 Å². The van der Waals surface area contributed by atoms with Gasteiger partial charge in [-0.3, -0.25) is 14.6 Å². The third-order valence-electron chi connectivity index (χ3n) is 4.48. The normalized spacial score (nSPS) is 11.4. The average Bonchev–Trinajstić information content (AvgIpc) is 2.80. The lowest BCUT2D eigenvalue weighted by atomic mass is 10.1. The van der Waals surface area contributed by atoms with Crippen LogP contribution in [0.5, 0.6) is 5.75 Å². The number of halogens is 1. The first-order valence-corrected chi connectivity index (χ1v) is 11.2. The van der Waals surface area contributed by atoms with E-state index in [-0.39, 0.29) is 35.2 Å². The minimum Gasteiger partial charge on any atom is -0.489 e. The number of thioether (sulfide) groups is 1. The Labute approximate surface area is 190 Å². The number of anilines is 1. The van der Waals surface area contributed by atoms with E-state index in [1.165, 1.54) is 36.0 Å². The topological polar surface area (TPSA) is 80.3 Å². The van der Waals surface area contributed by atoms with Crippen molar-refractivity contribution in [1.82, 2.24) is 10.3 Å². The van der Waals surface area contributed by atoms with Gasteiger partial charge >= 0.3 is 0 Å². The summed E-state index contributed by atoms with van der Waals surface area (Å²) in [4.78, 5) is 28.2. The van der Waals surface area contributed by atoms with Gasteiger partial charge in [-0.25, -0.2) is 4.39 Å². The van der Waals surface area contributed by atoms with Crippen molar-refractivity contribution in [3.63, 3.8) is 0 Å². The molecule has 0 fully saturated rings. The molecule has 2 aromatic carbocycles. The molecule has 0 aliphatic carbocycles. The van der Waals surface area contributed by atoms with Crippen LogP contribution in [-0.4, -0.2) is 28.3 Å². The molecule has 1 atom stereocenters. The molecule has 8 heteroatoms. The first-order valence-electron chi connectivity index (χ1n) is 10.0. The van der Waals surface area contributed by atoms with E-state index in [9.17, 15) is 14.0 Å². The summed E-state index contributed by atoms with van der Waals surface area (Å²) in [5, 5.41) is 5.58. The molecular weight excluding hydrogens is 429 g/mol. The molecule has 1 unspecified atom stereocenters. The van der Waals surface area contributed by atoms with Crippen LogP contribution in [0.1, 0.15) is 24.1 Å². The van der Waals surface area contributed by atoms with Crippen LogP contribution in [0.2, 0.25) is 0 Å². The highest BCUT2D eigenvalue weighted by Gasteiger charge is 2.11. The van der Waals surface area contributed by atoms with Gasteiger partial charge in [-0.15, -0.1) is 11.8 Å². The summed E-state index contributed by atoms with van der Waals surface area (Å²) < 4.78 is 18.6. The van der Waals surface area contributed by atoms with Gasteiger partial charge < -0.3 is 15.4 Å². The summed E-state index contributed by atoms with van der Waals surface area (Å²) >= 11 is 1.21. The minimum atomic E-state index is -0.366. The van der Waals surface area contributed by atoms with Gasteiger partial charge in [0.25, 0.3) is 0 Å². The van der Waals surface area contributed by atoms with Crippen LogP contribution in [0, 0.1) is 5.82 Å². The lowest BCUT2D eigenvalue weighted by molar-refractivity contribution is -0.119. The second-order valence-electron chi connectivity index (χ2n) is 7.06. The SMILES string of the molecule is CC(NC(=O)CSCC(=O)Nc1ccc(F)cc1)c1ccc(OCc2cccnc2)cc1. The van der Waals surface area contributed by atoms with Crippen molar-refractivity contribution in [2.75, 3.05) is 16.8 Å². The number of rotatable bonds is 10. The molecule has 1 heterocycles. The van der Waals surface area contributed by atoms with Crippen molar-refractivity contribution in [1.29, 1.82) is 0 Å². The van der Waals surface area contributed by atoms with Crippen molar-refractivity contribution in [2.45, 2.75) is 19.6 Å². The molecule has 6 nitrogen and oxygen atoms in total. The molecule has 0 radical (unpaired) electrons. The number of nitrogens with one attached hydrogen (secondary N) is 2. The van der Waals surface area contributed by atoms with E-state index in [1.54, 1.807) is 12.4 Å². The third kappa shape index (κ3) is 7.70.